The Balaban J connectivity index is 2.96. The highest BCUT2D eigenvalue weighted by atomic mass is 16.5. The maximum atomic E-state index is 8.74. The lowest BCUT2D eigenvalue weighted by atomic mass is 10.1. The van der Waals surface area contributed by atoms with Crippen molar-refractivity contribution in [3.8, 4) is 6.07 Å². The van der Waals surface area contributed by atoms with Crippen molar-refractivity contribution in [3.05, 3.63) is 17.5 Å². The van der Waals surface area contributed by atoms with Crippen LogP contribution in [0.5, 0.6) is 0 Å². The number of hydrogen-bond acceptors (Lipinski definition) is 5. The highest BCUT2D eigenvalue weighted by molar-refractivity contribution is 5.33. The van der Waals surface area contributed by atoms with E-state index in [4.69, 9.17) is 10.00 Å². The Morgan fingerprint density at radius 1 is 1.37 bits per heavy atom. The maximum absolute atomic E-state index is 8.74. The number of rotatable bonds is 7. The third-order valence-electron chi connectivity index (χ3n) is 2.80. The minimum Gasteiger partial charge on any atom is -0.383 e. The van der Waals surface area contributed by atoms with Crippen LogP contribution in [0.3, 0.4) is 0 Å². The van der Waals surface area contributed by atoms with E-state index in [2.05, 4.69) is 29.9 Å². The van der Waals surface area contributed by atoms with Crippen LogP contribution in [0.15, 0.2) is 6.07 Å². The number of aromatic nitrogens is 2. The van der Waals surface area contributed by atoms with Gasteiger partial charge in [-0.1, -0.05) is 13.8 Å². The predicted octanol–water partition coefficient (Wildman–Crippen LogP) is 2.27. The van der Waals surface area contributed by atoms with E-state index in [1.807, 2.05) is 17.9 Å². The summed E-state index contributed by atoms with van der Waals surface area (Å²) in [7, 11) is 1.67. The van der Waals surface area contributed by atoms with Crippen LogP contribution in [-0.2, 0) is 4.74 Å². The van der Waals surface area contributed by atoms with Gasteiger partial charge < -0.3 is 9.64 Å². The van der Waals surface area contributed by atoms with E-state index in [1.54, 1.807) is 7.11 Å². The molecule has 0 atom stereocenters. The maximum Gasteiger partial charge on any atom is 0.225 e. The zero-order valence-corrected chi connectivity index (χ0v) is 12.2. The second kappa shape index (κ2) is 7.70. The first-order valence-corrected chi connectivity index (χ1v) is 6.55. The molecular weight excluding hydrogens is 240 g/mol. The number of nitriles is 1. The van der Waals surface area contributed by atoms with E-state index >= 15 is 0 Å². The van der Waals surface area contributed by atoms with Crippen molar-refractivity contribution in [2.75, 3.05) is 31.7 Å². The van der Waals surface area contributed by atoms with E-state index in [0.29, 0.717) is 38.0 Å². The van der Waals surface area contributed by atoms with Crippen LogP contribution in [0.25, 0.3) is 0 Å². The number of nitrogens with zero attached hydrogens (tertiary/aromatic N) is 4. The third-order valence-corrected chi connectivity index (χ3v) is 2.80. The largest absolute Gasteiger partial charge is 0.383 e. The Bertz CT molecular complexity index is 440. The minimum atomic E-state index is 0.362. The van der Waals surface area contributed by atoms with Crippen LogP contribution in [-0.4, -0.2) is 36.8 Å². The molecule has 1 heterocycles. The van der Waals surface area contributed by atoms with Crippen molar-refractivity contribution in [1.29, 1.82) is 5.26 Å². The Morgan fingerprint density at radius 3 is 2.68 bits per heavy atom. The number of ether oxygens (including phenoxy) is 1. The molecule has 5 nitrogen and oxygen atoms in total. The summed E-state index contributed by atoms with van der Waals surface area (Å²) in [6.07, 6.45) is 0.456. The summed E-state index contributed by atoms with van der Waals surface area (Å²) in [5, 5.41) is 8.74. The van der Waals surface area contributed by atoms with Gasteiger partial charge in [0.25, 0.3) is 0 Å². The summed E-state index contributed by atoms with van der Waals surface area (Å²) < 4.78 is 5.10. The van der Waals surface area contributed by atoms with Crippen LogP contribution in [0.4, 0.5) is 5.95 Å². The van der Waals surface area contributed by atoms with Crippen molar-refractivity contribution in [3.63, 3.8) is 0 Å². The fourth-order valence-electron chi connectivity index (χ4n) is 1.71. The lowest BCUT2D eigenvalue weighted by molar-refractivity contribution is 0.205. The summed E-state index contributed by atoms with van der Waals surface area (Å²) in [6, 6.07) is 4.17. The molecule has 0 fully saturated rings. The summed E-state index contributed by atoms with van der Waals surface area (Å²) in [6.45, 7) is 8.11. The van der Waals surface area contributed by atoms with Crippen molar-refractivity contribution in [2.24, 2.45) is 0 Å². The molecule has 19 heavy (non-hydrogen) atoms. The molecular formula is C14H22N4O. The second-order valence-corrected chi connectivity index (χ2v) is 4.78. The van der Waals surface area contributed by atoms with Crippen molar-refractivity contribution >= 4 is 5.95 Å². The Labute approximate surface area is 115 Å². The topological polar surface area (TPSA) is 62.0 Å². The summed E-state index contributed by atoms with van der Waals surface area (Å²) >= 11 is 0. The first-order chi connectivity index (χ1) is 9.08. The lowest BCUT2D eigenvalue weighted by Crippen LogP contribution is -2.30. The monoisotopic (exact) mass is 262 g/mol. The van der Waals surface area contributed by atoms with Gasteiger partial charge in [-0.3, -0.25) is 0 Å². The Hall–Kier alpha value is -1.67. The molecule has 0 unspecified atom stereocenters. The molecule has 5 heteroatoms. The Kier molecular flexibility index (Phi) is 6.23. The van der Waals surface area contributed by atoms with Gasteiger partial charge in [0, 0.05) is 31.6 Å². The number of anilines is 1. The van der Waals surface area contributed by atoms with Crippen LogP contribution >= 0.6 is 0 Å². The quantitative estimate of drug-likeness (QED) is 0.754. The molecule has 1 aromatic rings. The first kappa shape index (κ1) is 15.4. The van der Waals surface area contributed by atoms with Crippen molar-refractivity contribution < 1.29 is 4.74 Å². The molecule has 0 aliphatic carbocycles. The molecule has 104 valence electrons. The zero-order chi connectivity index (χ0) is 14.3. The fourth-order valence-corrected chi connectivity index (χ4v) is 1.71. The predicted molar refractivity (Wildman–Crippen MR) is 75.2 cm³/mol. The van der Waals surface area contributed by atoms with E-state index < -0.39 is 0 Å². The number of aryl methyl sites for hydroxylation is 1. The molecule has 1 aromatic heterocycles. The molecule has 0 saturated heterocycles. The highest BCUT2D eigenvalue weighted by Crippen LogP contribution is 2.17. The van der Waals surface area contributed by atoms with Crippen molar-refractivity contribution in [2.45, 2.75) is 33.1 Å². The van der Waals surface area contributed by atoms with E-state index in [0.717, 1.165) is 11.4 Å². The van der Waals surface area contributed by atoms with Gasteiger partial charge in [0.2, 0.25) is 5.95 Å². The molecule has 0 N–H and O–H groups in total. The van der Waals surface area contributed by atoms with Crippen LogP contribution < -0.4 is 4.90 Å². The molecule has 0 aromatic carbocycles. The van der Waals surface area contributed by atoms with Gasteiger partial charge in [0.15, 0.2) is 0 Å². The number of methoxy groups -OCH3 is 1. The third kappa shape index (κ3) is 4.84. The van der Waals surface area contributed by atoms with Crippen LogP contribution in [0.1, 0.15) is 37.6 Å². The van der Waals surface area contributed by atoms with Crippen LogP contribution in [0.2, 0.25) is 0 Å². The molecule has 0 saturated carbocycles. The van der Waals surface area contributed by atoms with Gasteiger partial charge in [-0.25, -0.2) is 9.97 Å². The molecule has 0 aliphatic heterocycles. The van der Waals surface area contributed by atoms with E-state index in [-0.39, 0.29) is 0 Å². The average molecular weight is 262 g/mol. The zero-order valence-electron chi connectivity index (χ0n) is 12.2. The normalized spacial score (nSPS) is 10.5. The molecule has 0 radical (unpaired) electrons. The molecule has 0 spiro atoms. The fraction of sp³-hybridized carbons (Fsp3) is 0.643. The van der Waals surface area contributed by atoms with Gasteiger partial charge in [0.05, 0.1) is 19.1 Å². The minimum absolute atomic E-state index is 0.362. The Morgan fingerprint density at radius 2 is 2.11 bits per heavy atom. The summed E-state index contributed by atoms with van der Waals surface area (Å²) in [5.74, 6) is 1.05. The average Bonchev–Trinajstić information content (AvgIpc) is 2.38. The van der Waals surface area contributed by atoms with Gasteiger partial charge in [-0.2, -0.15) is 5.26 Å². The van der Waals surface area contributed by atoms with Crippen LogP contribution in [0, 0.1) is 18.3 Å². The molecule has 0 amide bonds. The van der Waals surface area contributed by atoms with Gasteiger partial charge in [-0.15, -0.1) is 0 Å². The molecule has 0 bridgehead atoms. The number of hydrogen-bond donors (Lipinski definition) is 0. The van der Waals surface area contributed by atoms with Gasteiger partial charge in [0.1, 0.15) is 0 Å². The molecule has 1 rings (SSSR count). The standard InChI is InChI=1S/C14H22N4O/c1-11(2)13-10-12(3)16-14(17-13)18(7-5-6-15)8-9-19-4/h10-11H,5,7-9H2,1-4H3. The SMILES string of the molecule is COCCN(CCC#N)c1nc(C)cc(C(C)C)n1. The van der Waals surface area contributed by atoms with Gasteiger partial charge in [-0.05, 0) is 18.9 Å². The first-order valence-electron chi connectivity index (χ1n) is 6.55. The lowest BCUT2D eigenvalue weighted by Gasteiger charge is -2.22. The van der Waals surface area contributed by atoms with Crippen molar-refractivity contribution in [1.82, 2.24) is 9.97 Å². The second-order valence-electron chi connectivity index (χ2n) is 4.78. The molecule has 0 aliphatic rings. The van der Waals surface area contributed by atoms with Gasteiger partial charge >= 0.3 is 0 Å². The van der Waals surface area contributed by atoms with E-state index in [1.165, 1.54) is 0 Å². The summed E-state index contributed by atoms with van der Waals surface area (Å²) in [4.78, 5) is 11.1. The van der Waals surface area contributed by atoms with E-state index in [9.17, 15) is 0 Å². The highest BCUT2D eigenvalue weighted by Gasteiger charge is 2.12. The smallest absolute Gasteiger partial charge is 0.225 e. The summed E-state index contributed by atoms with van der Waals surface area (Å²) in [5.41, 5.74) is 1.98.